The van der Waals surface area contributed by atoms with E-state index in [1.807, 2.05) is 0 Å². The van der Waals surface area contributed by atoms with Gasteiger partial charge in [-0.15, -0.1) is 0 Å². The van der Waals surface area contributed by atoms with Crippen molar-refractivity contribution in [3.8, 4) is 0 Å². The van der Waals surface area contributed by atoms with Crippen molar-refractivity contribution >= 4 is 5.97 Å². The second kappa shape index (κ2) is 5.66. The van der Waals surface area contributed by atoms with Gasteiger partial charge in [0.15, 0.2) is 0 Å². The molecule has 0 bridgehead atoms. The molecule has 1 aromatic carbocycles. The topological polar surface area (TPSA) is 67.8 Å². The molecule has 0 amide bonds. The first-order chi connectivity index (χ1) is 7.50. The van der Waals surface area contributed by atoms with Crippen molar-refractivity contribution in [2.45, 2.75) is 39.2 Å². The highest BCUT2D eigenvalue weighted by molar-refractivity contribution is 5.64. The van der Waals surface area contributed by atoms with Crippen molar-refractivity contribution in [1.29, 1.82) is 0 Å². The molecule has 3 heteroatoms. The van der Waals surface area contributed by atoms with Crippen LogP contribution >= 0.6 is 0 Å². The molecule has 0 saturated heterocycles. The third kappa shape index (κ3) is 3.66. The number of aryl methyl sites for hydroxylation is 2. The molecule has 0 unspecified atom stereocenters. The van der Waals surface area contributed by atoms with Gasteiger partial charge in [0.05, 0.1) is 0 Å². The maximum absolute atomic E-state index is 10.3. The number of benzene rings is 1. The van der Waals surface area contributed by atoms with Gasteiger partial charge in [-0.25, -0.2) is 0 Å². The summed E-state index contributed by atoms with van der Waals surface area (Å²) in [4.78, 5) is 10.3. The largest absolute Gasteiger partial charge is 0.550 e. The van der Waals surface area contributed by atoms with E-state index in [4.69, 9.17) is 0 Å². The third-order valence-electron chi connectivity index (χ3n) is 2.94. The Morgan fingerprint density at radius 1 is 1.38 bits per heavy atom. The van der Waals surface area contributed by atoms with E-state index in [0.29, 0.717) is 6.42 Å². The van der Waals surface area contributed by atoms with E-state index in [1.54, 1.807) is 0 Å². The highest BCUT2D eigenvalue weighted by atomic mass is 16.4. The van der Waals surface area contributed by atoms with Crippen molar-refractivity contribution in [1.82, 2.24) is 0 Å². The van der Waals surface area contributed by atoms with Gasteiger partial charge in [0.1, 0.15) is 6.04 Å². The van der Waals surface area contributed by atoms with Gasteiger partial charge < -0.3 is 15.6 Å². The van der Waals surface area contributed by atoms with Crippen LogP contribution in [0.3, 0.4) is 0 Å². The van der Waals surface area contributed by atoms with Crippen LogP contribution in [0.2, 0.25) is 0 Å². The lowest BCUT2D eigenvalue weighted by molar-refractivity contribution is -0.428. The molecule has 0 spiro atoms. The number of carbonyl (C=O) groups is 1. The van der Waals surface area contributed by atoms with E-state index in [9.17, 15) is 9.90 Å². The summed E-state index contributed by atoms with van der Waals surface area (Å²) in [5.41, 5.74) is 7.77. The Kier molecular flexibility index (Phi) is 4.50. The molecule has 88 valence electrons. The van der Waals surface area contributed by atoms with Crippen LogP contribution in [0.5, 0.6) is 0 Å². The number of carbonyl (C=O) groups excluding carboxylic acids is 1. The fraction of sp³-hybridized carbons (Fsp3) is 0.462. The SMILES string of the molecule is Cc1ccc([C@H]([NH3+])CCCC(=O)[O-])cc1C. The summed E-state index contributed by atoms with van der Waals surface area (Å²) in [7, 11) is 0. The van der Waals surface area contributed by atoms with Crippen LogP contribution in [-0.2, 0) is 4.79 Å². The van der Waals surface area contributed by atoms with Crippen LogP contribution in [0.15, 0.2) is 18.2 Å². The van der Waals surface area contributed by atoms with Gasteiger partial charge in [-0.05, 0) is 43.9 Å². The minimum atomic E-state index is -0.979. The Morgan fingerprint density at radius 3 is 2.62 bits per heavy atom. The monoisotopic (exact) mass is 221 g/mol. The Hall–Kier alpha value is -1.35. The van der Waals surface area contributed by atoms with Crippen LogP contribution in [0.1, 0.15) is 42.0 Å². The minimum absolute atomic E-state index is 0.122. The van der Waals surface area contributed by atoms with Gasteiger partial charge in [0.2, 0.25) is 0 Å². The fourth-order valence-corrected chi connectivity index (χ4v) is 1.68. The smallest absolute Gasteiger partial charge is 0.110 e. The van der Waals surface area contributed by atoms with E-state index in [0.717, 1.165) is 6.42 Å². The molecular formula is C13H19NO2. The molecule has 0 aliphatic heterocycles. The Bertz CT molecular complexity index is 374. The Balaban J connectivity index is 2.55. The molecule has 1 rings (SSSR count). The highest BCUT2D eigenvalue weighted by Gasteiger charge is 2.09. The maximum Gasteiger partial charge on any atom is 0.110 e. The van der Waals surface area contributed by atoms with Gasteiger partial charge in [0, 0.05) is 18.0 Å². The molecule has 3 N–H and O–H groups in total. The number of quaternary nitrogens is 1. The molecule has 0 radical (unpaired) electrons. The lowest BCUT2D eigenvalue weighted by Gasteiger charge is -2.11. The second-order valence-electron chi connectivity index (χ2n) is 4.30. The summed E-state index contributed by atoms with van der Waals surface area (Å²) in [6.45, 7) is 4.15. The summed E-state index contributed by atoms with van der Waals surface area (Å²) in [6, 6.07) is 6.45. The zero-order valence-corrected chi connectivity index (χ0v) is 9.95. The molecule has 3 nitrogen and oxygen atoms in total. The molecule has 16 heavy (non-hydrogen) atoms. The number of aliphatic carboxylic acids is 1. The zero-order valence-electron chi connectivity index (χ0n) is 9.95. The summed E-state index contributed by atoms with van der Waals surface area (Å²) in [5, 5.41) is 10.3. The molecule has 0 heterocycles. The molecule has 0 aromatic heterocycles. The highest BCUT2D eigenvalue weighted by Crippen LogP contribution is 2.18. The molecule has 0 aliphatic rings. The third-order valence-corrected chi connectivity index (χ3v) is 2.94. The quantitative estimate of drug-likeness (QED) is 0.787. The van der Waals surface area contributed by atoms with E-state index in [1.165, 1.54) is 16.7 Å². The van der Waals surface area contributed by atoms with E-state index in [-0.39, 0.29) is 12.5 Å². The summed E-state index contributed by atoms with van der Waals surface area (Å²) >= 11 is 0. The molecule has 0 aliphatic carbocycles. The van der Waals surface area contributed by atoms with Crippen LogP contribution in [0, 0.1) is 13.8 Å². The van der Waals surface area contributed by atoms with Crippen molar-refractivity contribution in [2.75, 3.05) is 0 Å². The van der Waals surface area contributed by atoms with Crippen molar-refractivity contribution in [3.63, 3.8) is 0 Å². The average Bonchev–Trinajstić information content (AvgIpc) is 2.21. The normalized spacial score (nSPS) is 12.4. The first-order valence-corrected chi connectivity index (χ1v) is 5.61. The standard InChI is InChI=1S/C13H19NO2/c1-9-6-7-11(8-10(9)2)12(14)4-3-5-13(15)16/h6-8,12H,3-5,14H2,1-2H3,(H,15,16)/t12-/m1/s1. The first kappa shape index (κ1) is 12.7. The van der Waals surface area contributed by atoms with Gasteiger partial charge in [0.25, 0.3) is 0 Å². The van der Waals surface area contributed by atoms with E-state index in [2.05, 4.69) is 37.8 Å². The number of hydrogen-bond donors (Lipinski definition) is 1. The van der Waals surface area contributed by atoms with Crippen LogP contribution in [0.4, 0.5) is 0 Å². The molecule has 1 aromatic rings. The van der Waals surface area contributed by atoms with Crippen LogP contribution < -0.4 is 10.8 Å². The van der Waals surface area contributed by atoms with E-state index >= 15 is 0 Å². The average molecular weight is 221 g/mol. The summed E-state index contributed by atoms with van der Waals surface area (Å²) in [6.07, 6.45) is 1.54. The van der Waals surface area contributed by atoms with Gasteiger partial charge in [-0.2, -0.15) is 0 Å². The Labute approximate surface area is 96.3 Å². The maximum atomic E-state index is 10.3. The van der Waals surface area contributed by atoms with Crippen molar-refractivity contribution in [3.05, 3.63) is 34.9 Å². The number of carboxylic acid groups (broad SMARTS) is 1. The van der Waals surface area contributed by atoms with Gasteiger partial charge >= 0.3 is 0 Å². The molecule has 0 saturated carbocycles. The number of rotatable bonds is 5. The van der Waals surface area contributed by atoms with E-state index < -0.39 is 5.97 Å². The lowest BCUT2D eigenvalue weighted by atomic mass is 9.98. The Morgan fingerprint density at radius 2 is 2.06 bits per heavy atom. The van der Waals surface area contributed by atoms with Crippen LogP contribution in [0.25, 0.3) is 0 Å². The van der Waals surface area contributed by atoms with Crippen molar-refractivity contribution in [2.24, 2.45) is 0 Å². The summed E-state index contributed by atoms with van der Waals surface area (Å²) in [5.74, 6) is -0.979. The predicted molar refractivity (Wildman–Crippen MR) is 60.4 cm³/mol. The van der Waals surface area contributed by atoms with Gasteiger partial charge in [-0.3, -0.25) is 0 Å². The number of hydrogen-bond acceptors (Lipinski definition) is 2. The van der Waals surface area contributed by atoms with Gasteiger partial charge in [-0.1, -0.05) is 12.1 Å². The number of carboxylic acids is 1. The summed E-state index contributed by atoms with van der Waals surface area (Å²) < 4.78 is 0. The fourth-order valence-electron chi connectivity index (χ4n) is 1.68. The van der Waals surface area contributed by atoms with Crippen molar-refractivity contribution < 1.29 is 15.6 Å². The molecule has 1 atom stereocenters. The predicted octanol–water partition coefficient (Wildman–Crippen LogP) is 0.507. The molecule has 0 fully saturated rings. The zero-order chi connectivity index (χ0) is 12.1. The first-order valence-electron chi connectivity index (χ1n) is 5.61. The minimum Gasteiger partial charge on any atom is -0.550 e. The second-order valence-corrected chi connectivity index (χ2v) is 4.30. The van der Waals surface area contributed by atoms with Crippen LogP contribution in [-0.4, -0.2) is 5.97 Å². The lowest BCUT2D eigenvalue weighted by Crippen LogP contribution is -2.53. The molecular weight excluding hydrogens is 202 g/mol.